The van der Waals surface area contributed by atoms with Gasteiger partial charge in [0.05, 0.1) is 11.8 Å². The third kappa shape index (κ3) is 3.64. The summed E-state index contributed by atoms with van der Waals surface area (Å²) in [5, 5.41) is 13.3. The molecule has 1 unspecified atom stereocenters. The van der Waals surface area contributed by atoms with Crippen LogP contribution in [-0.2, 0) is 16.6 Å². The summed E-state index contributed by atoms with van der Waals surface area (Å²) in [5.41, 5.74) is 1.71. The first-order valence-electron chi connectivity index (χ1n) is 7.34. The van der Waals surface area contributed by atoms with Crippen molar-refractivity contribution >= 4 is 17.9 Å². The number of hydrogen-bond donors (Lipinski definition) is 1. The number of ether oxygens (including phenoxy) is 1. The van der Waals surface area contributed by atoms with E-state index in [-0.39, 0.29) is 6.10 Å². The van der Waals surface area contributed by atoms with Gasteiger partial charge in [-0.2, -0.15) is 5.10 Å². The van der Waals surface area contributed by atoms with Gasteiger partial charge >= 0.3 is 5.97 Å². The first-order chi connectivity index (χ1) is 10.0. The quantitative estimate of drug-likeness (QED) is 0.839. The molecule has 0 radical (unpaired) electrons. The average molecular weight is 293 g/mol. The number of carbonyl (C=O) groups is 1. The van der Waals surface area contributed by atoms with Crippen molar-refractivity contribution in [3.05, 3.63) is 17.3 Å². The highest BCUT2D eigenvalue weighted by atomic mass is 16.5. The Morgan fingerprint density at radius 2 is 2.33 bits per heavy atom. The molecule has 21 heavy (non-hydrogen) atoms. The van der Waals surface area contributed by atoms with Crippen LogP contribution in [0, 0.1) is 6.92 Å². The summed E-state index contributed by atoms with van der Waals surface area (Å²) >= 11 is 0. The van der Waals surface area contributed by atoms with Gasteiger partial charge < -0.3 is 14.7 Å². The molecule has 0 aromatic carbocycles. The van der Waals surface area contributed by atoms with Crippen LogP contribution in [0.4, 0.5) is 5.82 Å². The minimum absolute atomic E-state index is 0.232. The monoisotopic (exact) mass is 293 g/mol. The van der Waals surface area contributed by atoms with Crippen LogP contribution in [0.2, 0.25) is 0 Å². The average Bonchev–Trinajstić information content (AvgIpc) is 2.71. The lowest BCUT2D eigenvalue weighted by Crippen LogP contribution is -2.41. The van der Waals surface area contributed by atoms with Crippen molar-refractivity contribution in [3.63, 3.8) is 0 Å². The van der Waals surface area contributed by atoms with Gasteiger partial charge in [0.2, 0.25) is 0 Å². The van der Waals surface area contributed by atoms with E-state index in [1.165, 1.54) is 0 Å². The third-order valence-electron chi connectivity index (χ3n) is 3.71. The fourth-order valence-corrected chi connectivity index (χ4v) is 2.89. The van der Waals surface area contributed by atoms with Gasteiger partial charge in [-0.15, -0.1) is 0 Å². The predicted molar refractivity (Wildman–Crippen MR) is 81.5 cm³/mol. The molecule has 0 bridgehead atoms. The van der Waals surface area contributed by atoms with Crippen LogP contribution in [0.1, 0.15) is 31.0 Å². The number of carboxylic acid groups (broad SMARTS) is 1. The number of anilines is 1. The van der Waals surface area contributed by atoms with Gasteiger partial charge in [0, 0.05) is 38.4 Å². The number of nitrogens with zero attached hydrogens (tertiary/aromatic N) is 3. The first kappa shape index (κ1) is 15.6. The van der Waals surface area contributed by atoms with Gasteiger partial charge in [0.1, 0.15) is 5.82 Å². The van der Waals surface area contributed by atoms with Crippen molar-refractivity contribution in [2.24, 2.45) is 7.05 Å². The van der Waals surface area contributed by atoms with Crippen LogP contribution in [-0.4, -0.2) is 46.7 Å². The van der Waals surface area contributed by atoms with Crippen molar-refractivity contribution in [2.45, 2.75) is 32.8 Å². The molecule has 0 saturated carbocycles. The molecule has 0 amide bonds. The highest BCUT2D eigenvalue weighted by molar-refractivity contribution is 5.87. The van der Waals surface area contributed by atoms with E-state index < -0.39 is 5.97 Å². The number of aromatic nitrogens is 2. The van der Waals surface area contributed by atoms with Gasteiger partial charge in [-0.3, -0.25) is 4.68 Å². The molecule has 2 rings (SSSR count). The second-order valence-electron chi connectivity index (χ2n) is 5.28. The molecule has 1 saturated heterocycles. The Kier molecular flexibility index (Phi) is 5.01. The lowest BCUT2D eigenvalue weighted by atomic mass is 10.1. The molecule has 116 valence electrons. The molecule has 1 aliphatic rings. The molecule has 6 heteroatoms. The van der Waals surface area contributed by atoms with E-state index in [4.69, 9.17) is 9.84 Å². The molecule has 1 aliphatic heterocycles. The summed E-state index contributed by atoms with van der Waals surface area (Å²) in [4.78, 5) is 13.0. The molecular weight excluding hydrogens is 270 g/mol. The molecule has 2 heterocycles. The van der Waals surface area contributed by atoms with E-state index in [0.29, 0.717) is 6.61 Å². The van der Waals surface area contributed by atoms with Gasteiger partial charge in [0.25, 0.3) is 0 Å². The number of rotatable bonds is 5. The summed E-state index contributed by atoms with van der Waals surface area (Å²) in [6.45, 7) is 6.38. The number of carboxylic acids is 1. The molecule has 1 atom stereocenters. The van der Waals surface area contributed by atoms with Crippen LogP contribution >= 0.6 is 0 Å². The maximum atomic E-state index is 10.8. The second kappa shape index (κ2) is 6.76. The van der Waals surface area contributed by atoms with Crippen LogP contribution in [0.3, 0.4) is 0 Å². The van der Waals surface area contributed by atoms with Crippen LogP contribution in [0.15, 0.2) is 6.08 Å². The Hall–Kier alpha value is -1.82. The van der Waals surface area contributed by atoms with E-state index in [1.807, 2.05) is 25.6 Å². The van der Waals surface area contributed by atoms with Crippen molar-refractivity contribution in [2.75, 3.05) is 24.6 Å². The van der Waals surface area contributed by atoms with Crippen molar-refractivity contribution in [1.82, 2.24) is 9.78 Å². The summed E-state index contributed by atoms with van der Waals surface area (Å²) < 4.78 is 7.56. The molecule has 1 N–H and O–H groups in total. The first-order valence-corrected chi connectivity index (χ1v) is 7.34. The topological polar surface area (TPSA) is 67.6 Å². The van der Waals surface area contributed by atoms with Crippen molar-refractivity contribution < 1.29 is 14.6 Å². The molecule has 1 fully saturated rings. The summed E-state index contributed by atoms with van der Waals surface area (Å²) in [5.74, 6) is 0.0180. The molecular formula is C15H23N3O3. The van der Waals surface area contributed by atoms with Crippen LogP contribution < -0.4 is 4.90 Å². The number of piperidine rings is 1. The number of hydrogen-bond acceptors (Lipinski definition) is 4. The summed E-state index contributed by atoms with van der Waals surface area (Å²) in [6, 6.07) is 0. The van der Waals surface area contributed by atoms with Crippen molar-refractivity contribution in [1.29, 1.82) is 0 Å². The smallest absolute Gasteiger partial charge is 0.328 e. The Morgan fingerprint density at radius 1 is 1.57 bits per heavy atom. The molecule has 1 aromatic heterocycles. The molecule has 0 spiro atoms. The Balaban J connectivity index is 2.27. The van der Waals surface area contributed by atoms with E-state index in [0.717, 1.165) is 49.1 Å². The standard InChI is InChI=1S/C15H23N3O3/c1-4-21-12-6-5-9-18(10-12)15-13(7-8-14(19)20)11(2)16-17(15)3/h7-8,12H,4-6,9-10H2,1-3H3,(H,19,20). The van der Waals surface area contributed by atoms with Gasteiger partial charge in [-0.25, -0.2) is 4.79 Å². The Bertz CT molecular complexity index is 535. The SMILES string of the molecule is CCOC1CCCN(c2c(C=CC(=O)O)c(C)nn2C)C1. The van der Waals surface area contributed by atoms with Crippen LogP contribution in [0.5, 0.6) is 0 Å². The van der Waals surface area contributed by atoms with E-state index >= 15 is 0 Å². The largest absolute Gasteiger partial charge is 0.478 e. The maximum absolute atomic E-state index is 10.8. The second-order valence-corrected chi connectivity index (χ2v) is 5.28. The fourth-order valence-electron chi connectivity index (χ4n) is 2.89. The zero-order chi connectivity index (χ0) is 15.4. The number of aryl methyl sites for hydroxylation is 2. The van der Waals surface area contributed by atoms with Crippen LogP contribution in [0.25, 0.3) is 6.08 Å². The van der Waals surface area contributed by atoms with Gasteiger partial charge in [0.15, 0.2) is 0 Å². The predicted octanol–water partition coefficient (Wildman–Crippen LogP) is 1.83. The lowest BCUT2D eigenvalue weighted by Gasteiger charge is -2.34. The maximum Gasteiger partial charge on any atom is 0.328 e. The molecule has 0 aliphatic carbocycles. The van der Waals surface area contributed by atoms with E-state index in [2.05, 4.69) is 10.00 Å². The highest BCUT2D eigenvalue weighted by Crippen LogP contribution is 2.28. The Labute approximate surface area is 125 Å². The van der Waals surface area contributed by atoms with Crippen molar-refractivity contribution in [3.8, 4) is 0 Å². The molecule has 6 nitrogen and oxygen atoms in total. The minimum Gasteiger partial charge on any atom is -0.478 e. The summed E-state index contributed by atoms with van der Waals surface area (Å²) in [6.07, 6.45) is 5.16. The summed E-state index contributed by atoms with van der Waals surface area (Å²) in [7, 11) is 1.89. The van der Waals surface area contributed by atoms with E-state index in [1.54, 1.807) is 6.08 Å². The fraction of sp³-hybridized carbons (Fsp3) is 0.600. The third-order valence-corrected chi connectivity index (χ3v) is 3.71. The lowest BCUT2D eigenvalue weighted by molar-refractivity contribution is -0.131. The van der Waals surface area contributed by atoms with Gasteiger partial charge in [-0.1, -0.05) is 0 Å². The highest BCUT2D eigenvalue weighted by Gasteiger charge is 2.25. The minimum atomic E-state index is -0.949. The normalized spacial score (nSPS) is 19.4. The van der Waals surface area contributed by atoms with E-state index in [9.17, 15) is 4.79 Å². The zero-order valence-electron chi connectivity index (χ0n) is 12.9. The zero-order valence-corrected chi connectivity index (χ0v) is 12.9. The molecule has 1 aromatic rings. The van der Waals surface area contributed by atoms with Gasteiger partial charge in [-0.05, 0) is 32.8 Å². The Morgan fingerprint density at radius 3 is 3.00 bits per heavy atom. The number of aliphatic carboxylic acids is 1.